The lowest BCUT2D eigenvalue weighted by Gasteiger charge is -2.24. The van der Waals surface area contributed by atoms with Crippen molar-refractivity contribution in [2.45, 2.75) is 39.5 Å². The van der Waals surface area contributed by atoms with E-state index in [9.17, 15) is 4.79 Å². The van der Waals surface area contributed by atoms with Crippen LogP contribution in [-0.2, 0) is 4.79 Å². The van der Waals surface area contributed by atoms with Crippen LogP contribution in [0.25, 0.3) is 0 Å². The molecule has 1 fully saturated rings. The molecule has 1 aliphatic heterocycles. The van der Waals surface area contributed by atoms with Gasteiger partial charge >= 0.3 is 0 Å². The van der Waals surface area contributed by atoms with E-state index in [-0.39, 0.29) is 0 Å². The summed E-state index contributed by atoms with van der Waals surface area (Å²) in [4.78, 5) is 16.6. The molecule has 0 aromatic rings. The van der Waals surface area contributed by atoms with Gasteiger partial charge < -0.3 is 15.5 Å². The topological polar surface area (TPSA) is 49.6 Å². The van der Waals surface area contributed by atoms with Crippen LogP contribution >= 0.6 is 0 Å². The molecule has 4 nitrogen and oxygen atoms in total. The zero-order valence-electron chi connectivity index (χ0n) is 12.9. The van der Waals surface area contributed by atoms with Gasteiger partial charge in [0.2, 0.25) is 5.91 Å². The van der Waals surface area contributed by atoms with Gasteiger partial charge in [-0.05, 0) is 51.2 Å². The molecule has 1 atom stereocenters. The van der Waals surface area contributed by atoms with Gasteiger partial charge in [-0.3, -0.25) is 4.79 Å². The number of likely N-dealkylation sites (N-methyl/N-ethyl adjacent to an activating group) is 1. The fraction of sp³-hybridized carbons (Fsp3) is 0.933. The van der Waals surface area contributed by atoms with Gasteiger partial charge in [-0.1, -0.05) is 13.8 Å². The molecule has 1 saturated heterocycles. The molecule has 112 valence electrons. The van der Waals surface area contributed by atoms with Crippen LogP contribution in [0, 0.1) is 11.8 Å². The first kappa shape index (κ1) is 16.4. The Hall–Kier alpha value is -0.610. The summed E-state index contributed by atoms with van der Waals surface area (Å²) in [6, 6.07) is 0. The van der Waals surface area contributed by atoms with E-state index < -0.39 is 0 Å². The Balaban J connectivity index is 2.36. The van der Waals surface area contributed by atoms with Gasteiger partial charge in [0, 0.05) is 26.1 Å². The van der Waals surface area contributed by atoms with Crippen LogP contribution in [0.5, 0.6) is 0 Å². The molecule has 0 radical (unpaired) electrons. The van der Waals surface area contributed by atoms with Crippen LogP contribution in [0.4, 0.5) is 0 Å². The van der Waals surface area contributed by atoms with Crippen LogP contribution < -0.4 is 5.73 Å². The highest BCUT2D eigenvalue weighted by Gasteiger charge is 2.19. The van der Waals surface area contributed by atoms with Crippen molar-refractivity contribution in [3.63, 3.8) is 0 Å². The average Bonchev–Trinajstić information content (AvgIpc) is 2.58. The van der Waals surface area contributed by atoms with E-state index in [0.717, 1.165) is 52.0 Å². The largest absolute Gasteiger partial charge is 0.341 e. The minimum atomic E-state index is 0.331. The van der Waals surface area contributed by atoms with E-state index in [1.807, 2.05) is 4.90 Å². The van der Waals surface area contributed by atoms with Crippen LogP contribution in [-0.4, -0.2) is 55.5 Å². The van der Waals surface area contributed by atoms with Crippen LogP contribution in [0.15, 0.2) is 0 Å². The number of amides is 1. The summed E-state index contributed by atoms with van der Waals surface area (Å²) in [7, 11) is 2.13. The molecule has 1 rings (SSSR count). The quantitative estimate of drug-likeness (QED) is 0.796. The second kappa shape index (κ2) is 8.54. The predicted octanol–water partition coefficient (Wildman–Crippen LogP) is 1.55. The van der Waals surface area contributed by atoms with E-state index in [2.05, 4.69) is 25.8 Å². The summed E-state index contributed by atoms with van der Waals surface area (Å²) in [5.41, 5.74) is 5.65. The van der Waals surface area contributed by atoms with E-state index in [4.69, 9.17) is 5.73 Å². The van der Waals surface area contributed by atoms with Crippen molar-refractivity contribution in [3.8, 4) is 0 Å². The van der Waals surface area contributed by atoms with Gasteiger partial charge in [0.05, 0.1) is 0 Å². The summed E-state index contributed by atoms with van der Waals surface area (Å²) in [5.74, 6) is 1.54. The molecule has 0 aromatic carbocycles. The summed E-state index contributed by atoms with van der Waals surface area (Å²) in [5, 5.41) is 0. The lowest BCUT2D eigenvalue weighted by molar-refractivity contribution is -0.131. The van der Waals surface area contributed by atoms with Gasteiger partial charge in [0.15, 0.2) is 0 Å². The third kappa shape index (κ3) is 5.91. The molecule has 1 aliphatic rings. The summed E-state index contributed by atoms with van der Waals surface area (Å²) < 4.78 is 0. The number of nitrogens with zero attached hydrogens (tertiary/aromatic N) is 2. The van der Waals surface area contributed by atoms with Crippen molar-refractivity contribution in [3.05, 3.63) is 0 Å². The molecule has 0 aliphatic carbocycles. The zero-order chi connectivity index (χ0) is 14.3. The van der Waals surface area contributed by atoms with Crippen molar-refractivity contribution in [2.24, 2.45) is 17.6 Å². The molecule has 2 N–H and O–H groups in total. The monoisotopic (exact) mass is 269 g/mol. The van der Waals surface area contributed by atoms with E-state index >= 15 is 0 Å². The maximum absolute atomic E-state index is 12.3. The normalized spacial score (nSPS) is 19.5. The number of nitrogens with two attached hydrogens (primary N) is 1. The Morgan fingerprint density at radius 2 is 1.89 bits per heavy atom. The molecule has 1 amide bonds. The Labute approximate surface area is 118 Å². The fourth-order valence-corrected chi connectivity index (χ4v) is 2.79. The number of hydrogen-bond acceptors (Lipinski definition) is 3. The second-order valence-electron chi connectivity index (χ2n) is 6.16. The van der Waals surface area contributed by atoms with Gasteiger partial charge in [-0.2, -0.15) is 0 Å². The Kier molecular flexibility index (Phi) is 7.39. The molecule has 1 heterocycles. The Morgan fingerprint density at radius 1 is 1.16 bits per heavy atom. The first-order chi connectivity index (χ1) is 9.04. The SMILES string of the molecule is CC(C)C(CCN)CCC(=O)N1CCCN(C)CC1. The number of rotatable bonds is 6. The summed E-state index contributed by atoms with van der Waals surface area (Å²) in [6.07, 6.45) is 3.80. The Morgan fingerprint density at radius 3 is 2.53 bits per heavy atom. The first-order valence-electron chi connectivity index (χ1n) is 7.71. The van der Waals surface area contributed by atoms with Gasteiger partial charge in [0.1, 0.15) is 0 Å². The van der Waals surface area contributed by atoms with Crippen molar-refractivity contribution >= 4 is 5.91 Å². The number of hydrogen-bond donors (Lipinski definition) is 1. The van der Waals surface area contributed by atoms with E-state index in [0.29, 0.717) is 24.2 Å². The lowest BCUT2D eigenvalue weighted by Crippen LogP contribution is -2.34. The molecular weight excluding hydrogens is 238 g/mol. The smallest absolute Gasteiger partial charge is 0.222 e. The molecule has 0 spiro atoms. The van der Waals surface area contributed by atoms with Crippen molar-refractivity contribution in [2.75, 3.05) is 39.8 Å². The predicted molar refractivity (Wildman–Crippen MR) is 79.9 cm³/mol. The van der Waals surface area contributed by atoms with E-state index in [1.165, 1.54) is 0 Å². The fourth-order valence-electron chi connectivity index (χ4n) is 2.79. The van der Waals surface area contributed by atoms with Crippen LogP contribution in [0.3, 0.4) is 0 Å². The second-order valence-corrected chi connectivity index (χ2v) is 6.16. The summed E-state index contributed by atoms with van der Waals surface area (Å²) >= 11 is 0. The van der Waals surface area contributed by atoms with Crippen molar-refractivity contribution in [1.29, 1.82) is 0 Å². The maximum atomic E-state index is 12.3. The zero-order valence-corrected chi connectivity index (χ0v) is 12.9. The number of carbonyl (C=O) groups excluding carboxylic acids is 1. The molecule has 0 saturated carbocycles. The van der Waals surface area contributed by atoms with E-state index in [1.54, 1.807) is 0 Å². The van der Waals surface area contributed by atoms with Crippen LogP contribution in [0.2, 0.25) is 0 Å². The average molecular weight is 269 g/mol. The molecule has 4 heteroatoms. The highest BCUT2D eigenvalue weighted by molar-refractivity contribution is 5.76. The molecule has 0 bridgehead atoms. The molecular formula is C15H31N3O. The van der Waals surface area contributed by atoms with Gasteiger partial charge in [-0.25, -0.2) is 0 Å². The van der Waals surface area contributed by atoms with Gasteiger partial charge in [-0.15, -0.1) is 0 Å². The minimum Gasteiger partial charge on any atom is -0.341 e. The standard InChI is InChI=1S/C15H31N3O/c1-13(2)14(7-8-16)5-6-15(19)18-10-4-9-17(3)11-12-18/h13-14H,4-12,16H2,1-3H3. The maximum Gasteiger partial charge on any atom is 0.222 e. The number of carbonyl (C=O) groups is 1. The molecule has 19 heavy (non-hydrogen) atoms. The molecule has 1 unspecified atom stereocenters. The Bertz CT molecular complexity index is 268. The minimum absolute atomic E-state index is 0.331. The van der Waals surface area contributed by atoms with Gasteiger partial charge in [0.25, 0.3) is 0 Å². The highest BCUT2D eigenvalue weighted by Crippen LogP contribution is 2.21. The van der Waals surface area contributed by atoms with Crippen LogP contribution in [0.1, 0.15) is 39.5 Å². The highest BCUT2D eigenvalue weighted by atomic mass is 16.2. The first-order valence-corrected chi connectivity index (χ1v) is 7.71. The molecule has 0 aromatic heterocycles. The van der Waals surface area contributed by atoms with Crippen molar-refractivity contribution < 1.29 is 4.79 Å². The third-order valence-electron chi connectivity index (χ3n) is 4.28. The lowest BCUT2D eigenvalue weighted by atomic mass is 9.88. The summed E-state index contributed by atoms with van der Waals surface area (Å²) in [6.45, 7) is 9.10. The van der Waals surface area contributed by atoms with Crippen molar-refractivity contribution in [1.82, 2.24) is 9.80 Å². The third-order valence-corrected chi connectivity index (χ3v) is 4.28.